The van der Waals surface area contributed by atoms with E-state index in [2.05, 4.69) is 25.4 Å². The van der Waals surface area contributed by atoms with Crippen LogP contribution in [0.3, 0.4) is 0 Å². The molecule has 9 aliphatic rings. The Bertz CT molecular complexity index is 3120. The first-order valence-electron chi connectivity index (χ1n) is 35.8. The fourth-order valence-electron chi connectivity index (χ4n) is 13.7. The Morgan fingerprint density at radius 3 is 0.795 bits per heavy atom. The minimum atomic E-state index is -2.26. The largest absolute Gasteiger partial charge is 0.435 e. The van der Waals surface area contributed by atoms with E-state index in [0.29, 0.717) is 0 Å². The average Bonchev–Trinajstić information content (AvgIpc) is 1.37. The van der Waals surface area contributed by atoms with Crippen molar-refractivity contribution in [1.82, 2.24) is 16.0 Å². The third-order valence-corrected chi connectivity index (χ3v) is 19.5. The van der Waals surface area contributed by atoms with Crippen molar-refractivity contribution in [2.24, 2.45) is 11.5 Å². The summed E-state index contributed by atoms with van der Waals surface area (Å²) in [4.78, 5) is 93.1. The minimum absolute atomic E-state index is 0.0265. The number of ether oxygens (including phenoxy) is 22. The zero-order valence-corrected chi connectivity index (χ0v) is 61.6. The van der Waals surface area contributed by atoms with E-state index in [1.807, 2.05) is 0 Å². The first-order valence-corrected chi connectivity index (χ1v) is 35.8. The van der Waals surface area contributed by atoms with Crippen molar-refractivity contribution < 1.29 is 245 Å². The van der Waals surface area contributed by atoms with Crippen LogP contribution in [0.25, 0.3) is 0 Å². The molecule has 9 rings (SSSR count). The highest BCUT2D eigenvalue weighted by atomic mass is 16.9. The molecule has 0 radical (unpaired) electrons. The summed E-state index contributed by atoms with van der Waals surface area (Å²) in [5, 5.41) is 220. The van der Waals surface area contributed by atoms with Crippen molar-refractivity contribution in [3.63, 3.8) is 0 Å². The molecular weight excluding hydrogens is 1610 g/mol. The number of nitrogens with two attached hydrogens (primary N) is 2. The summed E-state index contributed by atoms with van der Waals surface area (Å²) in [5.41, 5.74) is 11.0. The molecule has 0 aliphatic carbocycles. The molecule has 44 atom stereocenters. The number of nitrogens with one attached hydrogen (secondary N) is 3. The standard InChI is InChI=1S/C36H57N3O29.C26H42N2O21/c1-10(45)38-14-16(47)25(62-33-22(53)18(49)21(52)32(66-33)57-7-42)12(5-40)60-30(14)65-28-20(51)24(55)34(68-36(28)59-9-44)63-26-13(6-41)61-29(15(17(26)48)39-11(2)46)64-27-19(50)23(54)31(56-4-3-37)67-35(27)58-8-43;1-7(33)28-11-13(35)20(46-24-17(39)14(36)16(38)23(48-24)41-5-31)10(4-30)44-22(11)47-21-15(37)18(40)25(49-26(21)42-6-32)45-19-9(3-29)43-8(2-27)12(19)34/h7-9,12-36,40-41,47-55H,3-6,37H2,1-2H3,(H,38,45)(H,39,46);5-6,8-26,29-30,34-40H,2-4,27H2,1H3,(H,28,33)/t12?,13?,14?,15?,16-,17-,18+,19-,20-,21+,22?,23?,24?,25-,26-,27+,28+,29-,30-,31-,32?,33-,34-,35?,36?;8?,9?,10?,11?,12-,13-,14+,15-,16+,17?,18?,19-,20-,21+,22-,23?,24-,25-,26?/m11/s1. The van der Waals surface area contributed by atoms with Gasteiger partial charge in [0.2, 0.25) is 49.2 Å². The van der Waals surface area contributed by atoms with Gasteiger partial charge in [-0.15, -0.1) is 0 Å². The Balaban J connectivity index is 0.000000308. The maximum Gasteiger partial charge on any atom is 0.295 e. The summed E-state index contributed by atoms with van der Waals surface area (Å²) in [6.45, 7) is -1.51. The third kappa shape index (κ3) is 22.5. The summed E-state index contributed by atoms with van der Waals surface area (Å²) < 4.78 is 119. The maximum absolute atomic E-state index is 12.4. The molecule has 9 aliphatic heterocycles. The van der Waals surface area contributed by atoms with E-state index in [4.69, 9.17) is 106 Å². The summed E-state index contributed by atoms with van der Waals surface area (Å²) >= 11 is 0. The molecule has 0 aromatic carbocycles. The Morgan fingerprint density at radius 1 is 0.282 bits per heavy atom. The van der Waals surface area contributed by atoms with Crippen LogP contribution in [0.15, 0.2) is 0 Å². The number of carbonyl (C=O) groups excluding carboxylic acids is 8. The summed E-state index contributed by atoms with van der Waals surface area (Å²) in [5.74, 6) is -2.43. The fourth-order valence-corrected chi connectivity index (χ4v) is 13.7. The van der Waals surface area contributed by atoms with Crippen LogP contribution in [0.2, 0.25) is 0 Å². The van der Waals surface area contributed by atoms with Gasteiger partial charge in [0.25, 0.3) is 32.4 Å². The Labute approximate surface area is 658 Å². The van der Waals surface area contributed by atoms with Gasteiger partial charge in [0.05, 0.1) is 39.1 Å². The molecule has 9 heterocycles. The van der Waals surface area contributed by atoms with Crippen LogP contribution in [0.1, 0.15) is 20.8 Å². The Morgan fingerprint density at radius 2 is 0.521 bits per heavy atom. The molecule has 0 aromatic rings. The van der Waals surface area contributed by atoms with Crippen molar-refractivity contribution in [1.29, 1.82) is 0 Å². The lowest BCUT2D eigenvalue weighted by molar-refractivity contribution is -0.402. The van der Waals surface area contributed by atoms with Crippen molar-refractivity contribution in [3.05, 3.63) is 0 Å². The second-order valence-electron chi connectivity index (χ2n) is 27.2. The van der Waals surface area contributed by atoms with Gasteiger partial charge in [-0.1, -0.05) is 0 Å². The van der Waals surface area contributed by atoms with Gasteiger partial charge in [-0.3, -0.25) is 38.4 Å². The van der Waals surface area contributed by atoms with Crippen LogP contribution in [0.4, 0.5) is 0 Å². The van der Waals surface area contributed by atoms with Crippen LogP contribution in [0.5, 0.6) is 0 Å². The van der Waals surface area contributed by atoms with E-state index in [0.717, 1.165) is 20.8 Å². The number of hydrogen-bond donors (Lipinski definition) is 25. The van der Waals surface area contributed by atoms with E-state index in [1.54, 1.807) is 0 Å². The smallest absolute Gasteiger partial charge is 0.295 e. The molecule has 0 saturated carbocycles. The molecule has 117 heavy (non-hydrogen) atoms. The van der Waals surface area contributed by atoms with Gasteiger partial charge in [0.15, 0.2) is 68.6 Å². The van der Waals surface area contributed by atoms with Gasteiger partial charge in [-0.2, -0.15) is 0 Å². The predicted molar refractivity (Wildman–Crippen MR) is 349 cm³/mol. The molecule has 0 aromatic heterocycles. The molecule has 3 amide bonds. The van der Waals surface area contributed by atoms with Gasteiger partial charge in [0.1, 0.15) is 165 Å². The number of aliphatic hydroxyl groups excluding tert-OH is 20. The molecule has 0 bridgehead atoms. The van der Waals surface area contributed by atoms with E-state index in [-0.39, 0.29) is 52.1 Å². The normalized spacial score (nSPS) is 46.1. The minimum Gasteiger partial charge on any atom is -0.435 e. The van der Waals surface area contributed by atoms with Gasteiger partial charge < -0.3 is 234 Å². The van der Waals surface area contributed by atoms with Crippen LogP contribution in [0, 0.1) is 0 Å². The highest BCUT2D eigenvalue weighted by Crippen LogP contribution is 2.39. The van der Waals surface area contributed by atoms with Crippen LogP contribution in [-0.2, 0) is 143 Å². The van der Waals surface area contributed by atoms with E-state index < -0.39 is 315 Å². The Hall–Kier alpha value is -5.80. The molecule has 9 saturated heterocycles. The topological polar surface area (TPSA) is 832 Å². The molecule has 672 valence electrons. The lowest BCUT2D eigenvalue weighted by atomic mass is 9.95. The van der Waals surface area contributed by atoms with Gasteiger partial charge in [-0.25, -0.2) is 0 Å². The van der Waals surface area contributed by atoms with Gasteiger partial charge in [-0.05, 0) is 0 Å². The van der Waals surface area contributed by atoms with Crippen molar-refractivity contribution in [2.45, 2.75) is 292 Å². The highest BCUT2D eigenvalue weighted by Gasteiger charge is 2.61. The molecule has 55 heteroatoms. The first kappa shape index (κ1) is 96.7. The number of aliphatic hydroxyl groups is 20. The monoisotopic (exact) mass is 1710 g/mol. The number of amides is 3. The fraction of sp³-hybridized carbons (Fsp3) is 0.871. The molecule has 27 N–H and O–H groups in total. The van der Waals surface area contributed by atoms with Crippen molar-refractivity contribution >= 4 is 50.1 Å². The molecule has 18 unspecified atom stereocenters. The Kier molecular flexibility index (Phi) is 36.6. The van der Waals surface area contributed by atoms with Crippen LogP contribution >= 0.6 is 0 Å². The SMILES string of the molecule is CC(=O)NC1[C@@H](O[C@@H]2C(OC=O)O[C@@H](O[C@@H]3C(CO)OC(CN)[C@H]3O)C(O)[C@H]2O)OC(CO)[C@@H](O[C@@H]2OC(OC=O)[C@@H](O)[C@H](O)C2O)[C@@H]1O.CC(=O)NC1[C@@H](O[C@@H]2C(OC=O)O[C@@H](O[C@@H]3C(CO)O[C@H](O[C@@H]4C(OC=O)O[C@@H](OCCN)C(O)[C@H]4O)C(NC(C)=O)[C@H]3O)C(O)[C@H]2O)OC(CO)[C@@H](O[C@@H]2OC(OC=O)[C@@H](O)[C@H](O)C2O)[C@@H]1O. The lowest BCUT2D eigenvalue weighted by Crippen LogP contribution is -2.70. The average molecular weight is 1710 g/mol. The molecule has 0 spiro atoms. The van der Waals surface area contributed by atoms with E-state index in [1.165, 1.54) is 0 Å². The van der Waals surface area contributed by atoms with Crippen molar-refractivity contribution in [2.75, 3.05) is 46.1 Å². The quantitative estimate of drug-likeness (QED) is 0.0207. The highest BCUT2D eigenvalue weighted by molar-refractivity contribution is 5.74. The number of rotatable bonds is 35. The van der Waals surface area contributed by atoms with E-state index >= 15 is 0 Å². The summed E-state index contributed by atoms with van der Waals surface area (Å²) in [6, 6.07) is -5.12. The molecular formula is C62H99N5O50. The number of hydrogen-bond acceptors (Lipinski definition) is 52. The first-order chi connectivity index (χ1) is 55.7. The number of carbonyl (C=O) groups is 8. The van der Waals surface area contributed by atoms with Crippen LogP contribution < -0.4 is 27.4 Å². The van der Waals surface area contributed by atoms with Gasteiger partial charge in [0, 0.05) is 33.9 Å². The zero-order chi connectivity index (χ0) is 86.3. The van der Waals surface area contributed by atoms with Crippen LogP contribution in [-0.4, -0.2) is 469 Å². The predicted octanol–water partition coefficient (Wildman–Crippen LogP) is -19.9. The molecule has 9 fully saturated rings. The lowest BCUT2D eigenvalue weighted by Gasteiger charge is -2.50. The van der Waals surface area contributed by atoms with E-state index in [9.17, 15) is 140 Å². The summed E-state index contributed by atoms with van der Waals surface area (Å²) in [6.07, 6.45) is -75.6. The maximum atomic E-state index is 12.4. The van der Waals surface area contributed by atoms with Crippen molar-refractivity contribution in [3.8, 4) is 0 Å². The second-order valence-corrected chi connectivity index (χ2v) is 27.2. The van der Waals surface area contributed by atoms with Gasteiger partial charge >= 0.3 is 0 Å². The zero-order valence-electron chi connectivity index (χ0n) is 61.6. The second kappa shape index (κ2) is 44.3. The molecule has 55 nitrogen and oxygen atoms in total. The third-order valence-electron chi connectivity index (χ3n) is 19.5. The summed E-state index contributed by atoms with van der Waals surface area (Å²) in [7, 11) is 0.